The summed E-state index contributed by atoms with van der Waals surface area (Å²) in [6.45, 7) is 0. The molecule has 0 spiro atoms. The van der Waals surface area contributed by atoms with Crippen LogP contribution in [-0.2, 0) is 0 Å². The van der Waals surface area contributed by atoms with Gasteiger partial charge in [-0.15, -0.1) is 0 Å². The average molecular weight is 450 g/mol. The summed E-state index contributed by atoms with van der Waals surface area (Å²) in [7, 11) is 4.84. The minimum Gasteiger partial charge on any atom is -0.497 e. The second kappa shape index (κ2) is 11.2. The number of hydrogen-bond acceptors (Lipinski definition) is 5. The molecule has 0 heterocycles. The first-order valence-electron chi connectivity index (χ1n) is 11.1. The van der Waals surface area contributed by atoms with Gasteiger partial charge < -0.3 is 19.7 Å². The number of amides is 1. The van der Waals surface area contributed by atoms with E-state index in [0.717, 1.165) is 36.9 Å². The number of methoxy groups -OCH3 is 2. The largest absolute Gasteiger partial charge is 0.497 e. The molecule has 0 aliphatic heterocycles. The molecule has 0 bridgehead atoms. The van der Waals surface area contributed by atoms with Crippen molar-refractivity contribution in [1.82, 2.24) is 10.6 Å². The number of hydrogen-bond donors (Lipinski definition) is 3. The standard InChI is InChI=1S/C25H31N5O3/c1-30(25(27)28-16-26)19-11-9-18(10-12-19)23(17-7-5-4-6-8-17)29-24(31)21-14-13-20(32-2)15-22(21)33-3/h9-15,17,23H,4-8H2,1-3H3,(H2,27,28)(H,29,31). The van der Waals surface area contributed by atoms with E-state index in [4.69, 9.17) is 20.1 Å². The zero-order valence-corrected chi connectivity index (χ0v) is 19.4. The first-order valence-corrected chi connectivity index (χ1v) is 11.1. The van der Waals surface area contributed by atoms with Gasteiger partial charge in [-0.3, -0.25) is 15.5 Å². The summed E-state index contributed by atoms with van der Waals surface area (Å²) in [4.78, 5) is 14.9. The molecule has 0 radical (unpaired) electrons. The molecule has 1 amide bonds. The zero-order valence-electron chi connectivity index (χ0n) is 19.4. The monoisotopic (exact) mass is 449 g/mol. The Balaban J connectivity index is 1.86. The van der Waals surface area contributed by atoms with Gasteiger partial charge in [-0.1, -0.05) is 31.4 Å². The molecule has 1 aliphatic rings. The number of rotatable bonds is 7. The number of nitriles is 1. The van der Waals surface area contributed by atoms with Crippen molar-refractivity contribution in [2.75, 3.05) is 26.2 Å². The fourth-order valence-corrected chi connectivity index (χ4v) is 4.32. The number of ether oxygens (including phenoxy) is 2. The van der Waals surface area contributed by atoms with Crippen LogP contribution in [0.4, 0.5) is 5.69 Å². The molecule has 8 nitrogen and oxygen atoms in total. The van der Waals surface area contributed by atoms with Crippen LogP contribution in [0.5, 0.6) is 11.5 Å². The third-order valence-corrected chi connectivity index (χ3v) is 6.21. The molecule has 1 atom stereocenters. The Morgan fingerprint density at radius 1 is 1.12 bits per heavy atom. The summed E-state index contributed by atoms with van der Waals surface area (Å²) < 4.78 is 10.7. The quantitative estimate of drug-likeness (QED) is 0.253. The fourth-order valence-electron chi connectivity index (χ4n) is 4.32. The van der Waals surface area contributed by atoms with Gasteiger partial charge in [0, 0.05) is 18.8 Å². The normalized spacial score (nSPS) is 14.5. The topological polar surface area (TPSA) is 110 Å². The highest BCUT2D eigenvalue weighted by Gasteiger charge is 2.28. The van der Waals surface area contributed by atoms with Crippen LogP contribution in [0.3, 0.4) is 0 Å². The average Bonchev–Trinajstić information content (AvgIpc) is 2.87. The lowest BCUT2D eigenvalue weighted by atomic mass is 9.81. The number of carbonyl (C=O) groups excluding carboxylic acids is 1. The molecule has 2 aromatic carbocycles. The number of nitrogens with one attached hydrogen (secondary N) is 3. The van der Waals surface area contributed by atoms with Crippen LogP contribution in [-0.4, -0.2) is 33.1 Å². The Bertz CT molecular complexity index is 1010. The minimum absolute atomic E-state index is 0.00557. The third kappa shape index (κ3) is 5.75. The van der Waals surface area contributed by atoms with Crippen LogP contribution in [0.1, 0.15) is 54.1 Å². The van der Waals surface area contributed by atoms with E-state index in [1.165, 1.54) is 13.5 Å². The summed E-state index contributed by atoms with van der Waals surface area (Å²) in [6, 6.07) is 12.8. The number of nitrogens with zero attached hydrogens (tertiary/aromatic N) is 2. The van der Waals surface area contributed by atoms with Gasteiger partial charge in [-0.2, -0.15) is 5.26 Å². The van der Waals surface area contributed by atoms with Crippen molar-refractivity contribution in [1.29, 1.82) is 10.7 Å². The lowest BCUT2D eigenvalue weighted by Gasteiger charge is -2.32. The molecule has 3 rings (SSSR count). The van der Waals surface area contributed by atoms with Crippen LogP contribution in [0.25, 0.3) is 0 Å². The number of anilines is 1. The summed E-state index contributed by atoms with van der Waals surface area (Å²) >= 11 is 0. The van der Waals surface area contributed by atoms with Gasteiger partial charge in [0.05, 0.1) is 25.8 Å². The number of carbonyl (C=O) groups is 1. The molecule has 33 heavy (non-hydrogen) atoms. The van der Waals surface area contributed by atoms with E-state index < -0.39 is 0 Å². The summed E-state index contributed by atoms with van der Waals surface area (Å²) in [5.74, 6) is 1.24. The highest BCUT2D eigenvalue weighted by atomic mass is 16.5. The molecule has 2 aromatic rings. The Morgan fingerprint density at radius 3 is 2.42 bits per heavy atom. The van der Waals surface area contributed by atoms with Gasteiger partial charge in [0.2, 0.25) is 5.96 Å². The van der Waals surface area contributed by atoms with Gasteiger partial charge in [-0.05, 0) is 48.6 Å². The molecule has 0 aromatic heterocycles. The zero-order chi connectivity index (χ0) is 23.8. The van der Waals surface area contributed by atoms with Gasteiger partial charge in [0.25, 0.3) is 5.91 Å². The van der Waals surface area contributed by atoms with Crippen molar-refractivity contribution in [3.8, 4) is 17.7 Å². The second-order valence-electron chi connectivity index (χ2n) is 8.15. The van der Waals surface area contributed by atoms with Crippen LogP contribution in [0.2, 0.25) is 0 Å². The van der Waals surface area contributed by atoms with Crippen molar-refractivity contribution in [2.24, 2.45) is 5.92 Å². The van der Waals surface area contributed by atoms with Crippen LogP contribution in [0, 0.1) is 22.8 Å². The van der Waals surface area contributed by atoms with Gasteiger partial charge in [-0.25, -0.2) is 0 Å². The van der Waals surface area contributed by atoms with Gasteiger partial charge in [0.15, 0.2) is 6.19 Å². The van der Waals surface area contributed by atoms with E-state index in [1.54, 1.807) is 43.4 Å². The lowest BCUT2D eigenvalue weighted by molar-refractivity contribution is 0.0909. The molecular formula is C25H31N5O3. The molecule has 3 N–H and O–H groups in total. The number of benzene rings is 2. The maximum atomic E-state index is 13.3. The van der Waals surface area contributed by atoms with Crippen molar-refractivity contribution < 1.29 is 14.3 Å². The van der Waals surface area contributed by atoms with Crippen LogP contribution < -0.4 is 25.0 Å². The Labute approximate surface area is 195 Å². The van der Waals surface area contributed by atoms with E-state index in [9.17, 15) is 4.79 Å². The Morgan fingerprint density at radius 2 is 1.82 bits per heavy atom. The van der Waals surface area contributed by atoms with E-state index >= 15 is 0 Å². The van der Waals surface area contributed by atoms with Crippen LogP contribution in [0.15, 0.2) is 42.5 Å². The predicted octanol–water partition coefficient (Wildman–Crippen LogP) is 4.20. The summed E-state index contributed by atoms with van der Waals surface area (Å²) in [6.07, 6.45) is 7.41. The molecular weight excluding hydrogens is 418 g/mol. The Hall–Kier alpha value is -3.73. The first kappa shape index (κ1) is 23.9. The smallest absolute Gasteiger partial charge is 0.255 e. The molecule has 1 aliphatic carbocycles. The van der Waals surface area contributed by atoms with Crippen LogP contribution >= 0.6 is 0 Å². The maximum absolute atomic E-state index is 13.3. The lowest BCUT2D eigenvalue weighted by Crippen LogP contribution is -2.36. The van der Waals surface area contributed by atoms with E-state index in [-0.39, 0.29) is 17.9 Å². The van der Waals surface area contributed by atoms with E-state index in [0.29, 0.717) is 23.0 Å². The summed E-state index contributed by atoms with van der Waals surface area (Å²) in [5, 5.41) is 22.2. The summed E-state index contributed by atoms with van der Waals surface area (Å²) in [5.41, 5.74) is 2.25. The fraction of sp³-hybridized carbons (Fsp3) is 0.400. The van der Waals surface area contributed by atoms with Crippen molar-refractivity contribution in [2.45, 2.75) is 38.1 Å². The van der Waals surface area contributed by atoms with Crippen molar-refractivity contribution >= 4 is 17.6 Å². The predicted molar refractivity (Wildman–Crippen MR) is 128 cm³/mol. The van der Waals surface area contributed by atoms with E-state index in [1.807, 2.05) is 24.3 Å². The van der Waals surface area contributed by atoms with Crippen molar-refractivity contribution in [3.63, 3.8) is 0 Å². The second-order valence-corrected chi connectivity index (χ2v) is 8.15. The van der Waals surface area contributed by atoms with Gasteiger partial charge in [0.1, 0.15) is 11.5 Å². The van der Waals surface area contributed by atoms with Gasteiger partial charge >= 0.3 is 0 Å². The first-order chi connectivity index (χ1) is 16.0. The third-order valence-electron chi connectivity index (χ3n) is 6.21. The maximum Gasteiger partial charge on any atom is 0.255 e. The Kier molecular flexibility index (Phi) is 8.14. The molecule has 1 fully saturated rings. The number of guanidine groups is 1. The van der Waals surface area contributed by atoms with Crippen molar-refractivity contribution in [3.05, 3.63) is 53.6 Å². The highest BCUT2D eigenvalue weighted by molar-refractivity contribution is 5.97. The SMILES string of the molecule is COc1ccc(C(=O)NC(c2ccc(N(C)C(=N)NC#N)cc2)C2CCCCC2)c(OC)c1. The van der Waals surface area contributed by atoms with E-state index in [2.05, 4.69) is 10.6 Å². The minimum atomic E-state index is -0.189. The molecule has 8 heteroatoms. The molecule has 174 valence electrons. The molecule has 1 unspecified atom stereocenters. The highest BCUT2D eigenvalue weighted by Crippen LogP contribution is 2.36. The molecule has 1 saturated carbocycles. The molecule has 0 saturated heterocycles.